The minimum atomic E-state index is -1.29. The SMILES string of the molecule is COC(=O)c1c(N)ccc(F)c1F. The van der Waals surface area contributed by atoms with Crippen LogP contribution in [0.3, 0.4) is 0 Å². The summed E-state index contributed by atoms with van der Waals surface area (Å²) in [5.41, 5.74) is 4.54. The van der Waals surface area contributed by atoms with Gasteiger partial charge in [-0.15, -0.1) is 0 Å². The largest absolute Gasteiger partial charge is 0.465 e. The van der Waals surface area contributed by atoms with Crippen LogP contribution in [0.5, 0.6) is 0 Å². The molecule has 0 amide bonds. The number of methoxy groups -OCH3 is 1. The molecule has 1 aromatic carbocycles. The van der Waals surface area contributed by atoms with Gasteiger partial charge in [-0.2, -0.15) is 0 Å². The number of ether oxygens (including phenoxy) is 1. The van der Waals surface area contributed by atoms with E-state index in [0.717, 1.165) is 19.2 Å². The van der Waals surface area contributed by atoms with Gasteiger partial charge in [0.1, 0.15) is 5.56 Å². The first-order chi connectivity index (χ1) is 6.07. The smallest absolute Gasteiger partial charge is 0.343 e. The summed E-state index contributed by atoms with van der Waals surface area (Å²) in [4.78, 5) is 10.9. The molecule has 5 heteroatoms. The van der Waals surface area contributed by atoms with Gasteiger partial charge in [-0.25, -0.2) is 13.6 Å². The van der Waals surface area contributed by atoms with Crippen molar-refractivity contribution in [3.8, 4) is 0 Å². The van der Waals surface area contributed by atoms with E-state index in [-0.39, 0.29) is 5.69 Å². The fourth-order valence-electron chi connectivity index (χ4n) is 0.875. The molecule has 0 heterocycles. The van der Waals surface area contributed by atoms with Crippen molar-refractivity contribution < 1.29 is 18.3 Å². The Morgan fingerprint density at radius 2 is 2.08 bits per heavy atom. The minimum Gasteiger partial charge on any atom is -0.465 e. The summed E-state index contributed by atoms with van der Waals surface area (Å²) < 4.78 is 29.8. The van der Waals surface area contributed by atoms with Gasteiger partial charge in [0.25, 0.3) is 0 Å². The zero-order chi connectivity index (χ0) is 10.0. The number of esters is 1. The summed E-state index contributed by atoms with van der Waals surface area (Å²) in [7, 11) is 1.06. The molecule has 0 saturated carbocycles. The minimum absolute atomic E-state index is 0.147. The average Bonchev–Trinajstić information content (AvgIpc) is 2.12. The fourth-order valence-corrected chi connectivity index (χ4v) is 0.875. The fraction of sp³-hybridized carbons (Fsp3) is 0.125. The van der Waals surface area contributed by atoms with Crippen molar-refractivity contribution in [2.45, 2.75) is 0 Å². The number of hydrogen-bond acceptors (Lipinski definition) is 3. The molecule has 0 atom stereocenters. The van der Waals surface area contributed by atoms with Crippen LogP contribution in [-0.4, -0.2) is 13.1 Å². The third-order valence-electron chi connectivity index (χ3n) is 1.52. The van der Waals surface area contributed by atoms with Crippen molar-refractivity contribution in [1.82, 2.24) is 0 Å². The van der Waals surface area contributed by atoms with E-state index in [9.17, 15) is 13.6 Å². The summed E-state index contributed by atoms with van der Waals surface area (Å²) in [5.74, 6) is -3.41. The molecule has 1 aromatic rings. The predicted molar refractivity (Wildman–Crippen MR) is 42.1 cm³/mol. The van der Waals surface area contributed by atoms with Gasteiger partial charge in [-0.05, 0) is 12.1 Å². The van der Waals surface area contributed by atoms with E-state index in [2.05, 4.69) is 4.74 Å². The molecule has 0 spiro atoms. The summed E-state index contributed by atoms with van der Waals surface area (Å²) in [6.07, 6.45) is 0. The first-order valence-corrected chi connectivity index (χ1v) is 3.39. The third kappa shape index (κ3) is 1.58. The molecule has 0 unspecified atom stereocenters. The highest BCUT2D eigenvalue weighted by Gasteiger charge is 2.19. The Bertz CT molecular complexity index is 352. The first kappa shape index (κ1) is 9.44. The number of nitrogen functional groups attached to an aromatic ring is 1. The van der Waals surface area contributed by atoms with Gasteiger partial charge in [0.2, 0.25) is 0 Å². The van der Waals surface area contributed by atoms with E-state index in [4.69, 9.17) is 5.73 Å². The molecule has 3 nitrogen and oxygen atoms in total. The highest BCUT2D eigenvalue weighted by molar-refractivity contribution is 5.95. The number of nitrogens with two attached hydrogens (primary N) is 1. The van der Waals surface area contributed by atoms with Gasteiger partial charge in [-0.3, -0.25) is 0 Å². The van der Waals surface area contributed by atoms with Crippen LogP contribution in [-0.2, 0) is 4.74 Å². The Labute approximate surface area is 73.1 Å². The normalized spacial score (nSPS) is 9.77. The standard InChI is InChI=1S/C8H7F2NO2/c1-13-8(12)6-5(11)3-2-4(9)7(6)10/h2-3H,11H2,1H3. The average molecular weight is 187 g/mol. The zero-order valence-electron chi connectivity index (χ0n) is 6.80. The third-order valence-corrected chi connectivity index (χ3v) is 1.52. The van der Waals surface area contributed by atoms with Gasteiger partial charge in [-0.1, -0.05) is 0 Å². The molecule has 0 aliphatic rings. The lowest BCUT2D eigenvalue weighted by atomic mass is 10.1. The topological polar surface area (TPSA) is 52.3 Å². The van der Waals surface area contributed by atoms with E-state index < -0.39 is 23.2 Å². The molecular weight excluding hydrogens is 180 g/mol. The Kier molecular flexibility index (Phi) is 2.46. The number of rotatable bonds is 1. The first-order valence-electron chi connectivity index (χ1n) is 3.39. The van der Waals surface area contributed by atoms with E-state index in [1.807, 2.05) is 0 Å². The maximum atomic E-state index is 12.9. The number of anilines is 1. The van der Waals surface area contributed by atoms with Crippen LogP contribution < -0.4 is 5.73 Å². The second kappa shape index (κ2) is 3.38. The number of halogens is 2. The molecule has 0 aromatic heterocycles. The lowest BCUT2D eigenvalue weighted by Crippen LogP contribution is -2.09. The second-order valence-electron chi connectivity index (χ2n) is 2.32. The lowest BCUT2D eigenvalue weighted by molar-refractivity contribution is 0.0595. The van der Waals surface area contributed by atoms with Gasteiger partial charge in [0.05, 0.1) is 7.11 Å². The van der Waals surface area contributed by atoms with Crippen molar-refractivity contribution in [3.05, 3.63) is 29.3 Å². The monoisotopic (exact) mass is 187 g/mol. The molecule has 0 radical (unpaired) electrons. The van der Waals surface area contributed by atoms with Crippen LogP contribution in [0.2, 0.25) is 0 Å². The van der Waals surface area contributed by atoms with E-state index in [0.29, 0.717) is 0 Å². The van der Waals surface area contributed by atoms with Crippen LogP contribution in [0.4, 0.5) is 14.5 Å². The van der Waals surface area contributed by atoms with Crippen molar-refractivity contribution in [2.24, 2.45) is 0 Å². The summed E-state index contributed by atoms with van der Waals surface area (Å²) in [5, 5.41) is 0. The van der Waals surface area contributed by atoms with Crippen LogP contribution in [0.15, 0.2) is 12.1 Å². The number of hydrogen-bond donors (Lipinski definition) is 1. The molecule has 1 rings (SSSR count). The van der Waals surface area contributed by atoms with Crippen LogP contribution in [0.25, 0.3) is 0 Å². The zero-order valence-corrected chi connectivity index (χ0v) is 6.80. The lowest BCUT2D eigenvalue weighted by Gasteiger charge is -2.04. The van der Waals surface area contributed by atoms with Gasteiger partial charge >= 0.3 is 5.97 Å². The highest BCUT2D eigenvalue weighted by atomic mass is 19.2. The Balaban J connectivity index is 3.33. The van der Waals surface area contributed by atoms with E-state index in [1.165, 1.54) is 0 Å². The molecule has 0 aliphatic heterocycles. The van der Waals surface area contributed by atoms with Crippen LogP contribution in [0.1, 0.15) is 10.4 Å². The van der Waals surface area contributed by atoms with Crippen molar-refractivity contribution in [2.75, 3.05) is 12.8 Å². The predicted octanol–water partition coefficient (Wildman–Crippen LogP) is 1.33. The van der Waals surface area contributed by atoms with Gasteiger partial charge in [0, 0.05) is 5.69 Å². The van der Waals surface area contributed by atoms with Crippen LogP contribution in [0, 0.1) is 11.6 Å². The maximum absolute atomic E-state index is 12.9. The molecule has 0 bridgehead atoms. The molecule has 0 aliphatic carbocycles. The quantitative estimate of drug-likeness (QED) is 0.533. The molecule has 70 valence electrons. The van der Waals surface area contributed by atoms with E-state index in [1.54, 1.807) is 0 Å². The Morgan fingerprint density at radius 1 is 1.46 bits per heavy atom. The van der Waals surface area contributed by atoms with Crippen molar-refractivity contribution in [1.29, 1.82) is 0 Å². The number of carbonyl (C=O) groups excluding carboxylic acids is 1. The van der Waals surface area contributed by atoms with Crippen LogP contribution >= 0.6 is 0 Å². The van der Waals surface area contributed by atoms with E-state index >= 15 is 0 Å². The second-order valence-corrected chi connectivity index (χ2v) is 2.32. The summed E-state index contributed by atoms with van der Waals surface area (Å²) in [6, 6.07) is 1.95. The van der Waals surface area contributed by atoms with Gasteiger partial charge < -0.3 is 10.5 Å². The summed E-state index contributed by atoms with van der Waals surface area (Å²) >= 11 is 0. The van der Waals surface area contributed by atoms with Crippen molar-refractivity contribution >= 4 is 11.7 Å². The molecule has 0 fully saturated rings. The van der Waals surface area contributed by atoms with Crippen molar-refractivity contribution in [3.63, 3.8) is 0 Å². The summed E-state index contributed by atoms with van der Waals surface area (Å²) in [6.45, 7) is 0. The molecular formula is C8H7F2NO2. The molecule has 13 heavy (non-hydrogen) atoms. The Hall–Kier alpha value is -1.65. The van der Waals surface area contributed by atoms with Gasteiger partial charge in [0.15, 0.2) is 11.6 Å². The highest BCUT2D eigenvalue weighted by Crippen LogP contribution is 2.19. The molecule has 2 N–H and O–H groups in total. The number of benzene rings is 1. The number of carbonyl (C=O) groups is 1. The Morgan fingerprint density at radius 3 is 2.62 bits per heavy atom. The maximum Gasteiger partial charge on any atom is 0.343 e. The molecule has 0 saturated heterocycles.